The Kier molecular flexibility index (Phi) is 3.20. The molecule has 0 saturated carbocycles. The Morgan fingerprint density at radius 1 is 1.00 bits per heavy atom. The van der Waals surface area contributed by atoms with Crippen LogP contribution in [0.1, 0.15) is 12.8 Å². The lowest BCUT2D eigenvalue weighted by Crippen LogP contribution is -2.41. The molecule has 0 unspecified atom stereocenters. The summed E-state index contributed by atoms with van der Waals surface area (Å²) in [6, 6.07) is 16.0. The van der Waals surface area contributed by atoms with Gasteiger partial charge >= 0.3 is 0 Å². The van der Waals surface area contributed by atoms with E-state index in [0.717, 1.165) is 13.1 Å². The second-order valence-electron chi connectivity index (χ2n) is 5.12. The SMILES string of the molecule is CN(c1ccc2ccccc2c1)C1CCNCC1. The topological polar surface area (TPSA) is 15.3 Å². The zero-order chi connectivity index (χ0) is 12.4. The van der Waals surface area contributed by atoms with Crippen molar-refractivity contribution < 1.29 is 0 Å². The van der Waals surface area contributed by atoms with E-state index in [1.165, 1.54) is 29.3 Å². The molecule has 0 aliphatic carbocycles. The summed E-state index contributed by atoms with van der Waals surface area (Å²) >= 11 is 0. The molecule has 0 radical (unpaired) electrons. The zero-order valence-electron chi connectivity index (χ0n) is 10.9. The Morgan fingerprint density at radius 2 is 1.72 bits per heavy atom. The third kappa shape index (κ3) is 2.21. The second-order valence-corrected chi connectivity index (χ2v) is 5.12. The molecular weight excluding hydrogens is 220 g/mol. The first-order chi connectivity index (χ1) is 8.84. The maximum atomic E-state index is 3.42. The number of nitrogens with one attached hydrogen (secondary N) is 1. The smallest absolute Gasteiger partial charge is 0.0372 e. The highest BCUT2D eigenvalue weighted by Crippen LogP contribution is 2.24. The van der Waals surface area contributed by atoms with Crippen LogP contribution in [0.3, 0.4) is 0 Å². The van der Waals surface area contributed by atoms with Crippen LogP contribution < -0.4 is 10.2 Å². The minimum Gasteiger partial charge on any atom is -0.371 e. The van der Waals surface area contributed by atoms with E-state index in [1.54, 1.807) is 0 Å². The quantitative estimate of drug-likeness (QED) is 0.868. The molecule has 2 nitrogen and oxygen atoms in total. The van der Waals surface area contributed by atoms with Crippen LogP contribution in [0.2, 0.25) is 0 Å². The first kappa shape index (κ1) is 11.5. The molecular formula is C16H20N2. The fourth-order valence-corrected chi connectivity index (χ4v) is 2.80. The summed E-state index contributed by atoms with van der Waals surface area (Å²) in [5, 5.41) is 6.07. The van der Waals surface area contributed by atoms with E-state index in [4.69, 9.17) is 0 Å². The summed E-state index contributed by atoms with van der Waals surface area (Å²) in [5.41, 5.74) is 1.33. The van der Waals surface area contributed by atoms with Crippen LogP contribution in [0.4, 0.5) is 5.69 Å². The van der Waals surface area contributed by atoms with Crippen LogP contribution in [0.25, 0.3) is 10.8 Å². The molecule has 94 valence electrons. The summed E-state index contributed by atoms with van der Waals surface area (Å²) in [7, 11) is 2.22. The largest absolute Gasteiger partial charge is 0.371 e. The number of rotatable bonds is 2. The normalized spacial score (nSPS) is 16.9. The molecule has 1 heterocycles. The van der Waals surface area contributed by atoms with Gasteiger partial charge in [-0.25, -0.2) is 0 Å². The van der Waals surface area contributed by atoms with Crippen molar-refractivity contribution in [1.82, 2.24) is 5.32 Å². The highest BCUT2D eigenvalue weighted by Gasteiger charge is 2.17. The molecule has 1 aliphatic rings. The van der Waals surface area contributed by atoms with Crippen molar-refractivity contribution in [1.29, 1.82) is 0 Å². The predicted molar refractivity (Wildman–Crippen MR) is 78.2 cm³/mol. The molecule has 3 rings (SSSR count). The highest BCUT2D eigenvalue weighted by molar-refractivity contribution is 5.85. The lowest BCUT2D eigenvalue weighted by Gasteiger charge is -2.33. The van der Waals surface area contributed by atoms with E-state index < -0.39 is 0 Å². The lowest BCUT2D eigenvalue weighted by atomic mass is 10.0. The van der Waals surface area contributed by atoms with Crippen LogP contribution in [0.5, 0.6) is 0 Å². The van der Waals surface area contributed by atoms with Gasteiger partial charge in [-0.3, -0.25) is 0 Å². The van der Waals surface area contributed by atoms with Gasteiger partial charge in [-0.2, -0.15) is 0 Å². The van der Waals surface area contributed by atoms with Gasteiger partial charge in [0.1, 0.15) is 0 Å². The van der Waals surface area contributed by atoms with Gasteiger partial charge in [-0.05, 0) is 48.8 Å². The van der Waals surface area contributed by atoms with Gasteiger partial charge in [0, 0.05) is 18.8 Å². The molecule has 0 spiro atoms. The van der Waals surface area contributed by atoms with Gasteiger partial charge in [0.15, 0.2) is 0 Å². The number of piperidine rings is 1. The standard InChI is InChI=1S/C16H20N2/c1-18(15-8-10-17-11-9-15)16-7-6-13-4-2-3-5-14(13)12-16/h2-7,12,15,17H,8-11H2,1H3. The van der Waals surface area contributed by atoms with Crippen LogP contribution >= 0.6 is 0 Å². The van der Waals surface area contributed by atoms with E-state index >= 15 is 0 Å². The average Bonchev–Trinajstić information content (AvgIpc) is 2.47. The van der Waals surface area contributed by atoms with Crippen LogP contribution in [-0.4, -0.2) is 26.2 Å². The van der Waals surface area contributed by atoms with E-state index in [0.29, 0.717) is 6.04 Å². The molecule has 2 heteroatoms. The predicted octanol–water partition coefficient (Wildman–Crippen LogP) is 3.03. The minimum atomic E-state index is 0.674. The second kappa shape index (κ2) is 4.99. The Bertz CT molecular complexity index is 529. The number of hydrogen-bond acceptors (Lipinski definition) is 2. The van der Waals surface area contributed by atoms with Crippen LogP contribution in [0.15, 0.2) is 42.5 Å². The molecule has 1 aliphatic heterocycles. The molecule has 2 aromatic carbocycles. The molecule has 0 atom stereocenters. The molecule has 0 amide bonds. The van der Waals surface area contributed by atoms with E-state index in [-0.39, 0.29) is 0 Å². The Hall–Kier alpha value is -1.54. The van der Waals surface area contributed by atoms with Crippen molar-refractivity contribution in [3.63, 3.8) is 0 Å². The summed E-state index contributed by atoms with van der Waals surface area (Å²) in [6.07, 6.45) is 2.48. The summed E-state index contributed by atoms with van der Waals surface area (Å²) in [6.45, 7) is 2.28. The first-order valence-corrected chi connectivity index (χ1v) is 6.77. The van der Waals surface area contributed by atoms with Crippen molar-refractivity contribution in [2.45, 2.75) is 18.9 Å². The van der Waals surface area contributed by atoms with Gasteiger partial charge in [-0.1, -0.05) is 30.3 Å². The van der Waals surface area contributed by atoms with Gasteiger partial charge in [0.05, 0.1) is 0 Å². The molecule has 0 bridgehead atoms. The molecule has 18 heavy (non-hydrogen) atoms. The Labute approximate surface area is 109 Å². The number of hydrogen-bond donors (Lipinski definition) is 1. The van der Waals surface area contributed by atoms with Crippen molar-refractivity contribution in [2.24, 2.45) is 0 Å². The number of benzene rings is 2. The van der Waals surface area contributed by atoms with Gasteiger partial charge in [0.25, 0.3) is 0 Å². The third-order valence-corrected chi connectivity index (χ3v) is 4.00. The van der Waals surface area contributed by atoms with Crippen molar-refractivity contribution in [3.05, 3.63) is 42.5 Å². The monoisotopic (exact) mass is 240 g/mol. The van der Waals surface area contributed by atoms with Crippen molar-refractivity contribution >= 4 is 16.5 Å². The third-order valence-electron chi connectivity index (χ3n) is 4.00. The molecule has 0 aromatic heterocycles. The molecule has 1 fully saturated rings. The van der Waals surface area contributed by atoms with Crippen molar-refractivity contribution in [3.8, 4) is 0 Å². The molecule has 1 saturated heterocycles. The molecule has 2 aromatic rings. The first-order valence-electron chi connectivity index (χ1n) is 6.77. The fourth-order valence-electron chi connectivity index (χ4n) is 2.80. The maximum Gasteiger partial charge on any atom is 0.0372 e. The summed E-state index contributed by atoms with van der Waals surface area (Å²) in [4.78, 5) is 2.44. The van der Waals surface area contributed by atoms with Gasteiger partial charge in [-0.15, -0.1) is 0 Å². The summed E-state index contributed by atoms with van der Waals surface area (Å²) < 4.78 is 0. The minimum absolute atomic E-state index is 0.674. The Morgan fingerprint density at radius 3 is 2.50 bits per heavy atom. The maximum absolute atomic E-state index is 3.42. The van der Waals surface area contributed by atoms with Crippen LogP contribution in [-0.2, 0) is 0 Å². The van der Waals surface area contributed by atoms with Gasteiger partial charge in [0.2, 0.25) is 0 Å². The van der Waals surface area contributed by atoms with Crippen LogP contribution in [0, 0.1) is 0 Å². The van der Waals surface area contributed by atoms with E-state index in [2.05, 4.69) is 59.7 Å². The average molecular weight is 240 g/mol. The van der Waals surface area contributed by atoms with E-state index in [1.807, 2.05) is 0 Å². The summed E-state index contributed by atoms with van der Waals surface area (Å²) in [5.74, 6) is 0. The fraction of sp³-hybridized carbons (Fsp3) is 0.375. The number of fused-ring (bicyclic) bond motifs is 1. The zero-order valence-corrected chi connectivity index (χ0v) is 10.9. The Balaban J connectivity index is 1.88. The van der Waals surface area contributed by atoms with E-state index in [9.17, 15) is 0 Å². The lowest BCUT2D eigenvalue weighted by molar-refractivity contribution is 0.443. The molecule has 1 N–H and O–H groups in total. The number of nitrogens with zero attached hydrogens (tertiary/aromatic N) is 1. The highest BCUT2D eigenvalue weighted by atomic mass is 15.1. The van der Waals surface area contributed by atoms with Crippen molar-refractivity contribution in [2.75, 3.05) is 25.0 Å². The van der Waals surface area contributed by atoms with Gasteiger partial charge < -0.3 is 10.2 Å². The number of anilines is 1.